The maximum Gasteiger partial charge on any atom is 0.254 e. The molecule has 3 amide bonds. The van der Waals surface area contributed by atoms with E-state index in [2.05, 4.69) is 0 Å². The lowest BCUT2D eigenvalue weighted by atomic mass is 10.1. The van der Waals surface area contributed by atoms with Crippen molar-refractivity contribution >= 4 is 34.7 Å². The van der Waals surface area contributed by atoms with E-state index in [1.165, 1.54) is 4.90 Å². The standard InChI is InChI=1S/C18H18N2O3S/c1-12(15-4-3-11-24-15)19(2)18(23)13-5-7-14(8-6-13)20-16(21)9-10-17(20)22/h3-8,11-12H,9-10H2,1-2H3/t12-/m1/s1. The van der Waals surface area contributed by atoms with Crippen molar-refractivity contribution in [2.24, 2.45) is 0 Å². The lowest BCUT2D eigenvalue weighted by Crippen LogP contribution is -2.30. The molecular weight excluding hydrogens is 324 g/mol. The van der Waals surface area contributed by atoms with Gasteiger partial charge < -0.3 is 4.90 Å². The molecule has 0 radical (unpaired) electrons. The fourth-order valence-corrected chi connectivity index (χ4v) is 3.54. The van der Waals surface area contributed by atoms with Crippen LogP contribution in [-0.2, 0) is 9.59 Å². The normalized spacial score (nSPS) is 15.7. The van der Waals surface area contributed by atoms with E-state index < -0.39 is 0 Å². The lowest BCUT2D eigenvalue weighted by molar-refractivity contribution is -0.121. The van der Waals surface area contributed by atoms with E-state index in [9.17, 15) is 14.4 Å². The molecule has 1 fully saturated rings. The summed E-state index contributed by atoms with van der Waals surface area (Å²) in [5.41, 5.74) is 1.05. The molecular formula is C18H18N2O3S. The van der Waals surface area contributed by atoms with Crippen molar-refractivity contribution in [1.29, 1.82) is 0 Å². The van der Waals surface area contributed by atoms with Gasteiger partial charge in [-0.1, -0.05) is 6.07 Å². The first-order valence-corrected chi connectivity index (χ1v) is 8.63. The van der Waals surface area contributed by atoms with Crippen molar-refractivity contribution < 1.29 is 14.4 Å². The Hall–Kier alpha value is -2.47. The highest BCUT2D eigenvalue weighted by Crippen LogP contribution is 2.26. The van der Waals surface area contributed by atoms with E-state index >= 15 is 0 Å². The molecule has 0 saturated carbocycles. The SMILES string of the molecule is C[C@H](c1cccs1)N(C)C(=O)c1ccc(N2C(=O)CCC2=O)cc1. The molecule has 2 heterocycles. The van der Waals surface area contributed by atoms with Crippen molar-refractivity contribution in [1.82, 2.24) is 4.90 Å². The molecule has 5 nitrogen and oxygen atoms in total. The number of imide groups is 1. The second-order valence-corrected chi connectivity index (χ2v) is 6.76. The summed E-state index contributed by atoms with van der Waals surface area (Å²) in [6.45, 7) is 1.99. The highest BCUT2D eigenvalue weighted by molar-refractivity contribution is 7.10. The van der Waals surface area contributed by atoms with Gasteiger partial charge >= 0.3 is 0 Å². The third-order valence-corrected chi connectivity index (χ3v) is 5.32. The van der Waals surface area contributed by atoms with Gasteiger partial charge in [-0.05, 0) is 42.6 Å². The maximum absolute atomic E-state index is 12.6. The predicted octanol–water partition coefficient (Wildman–Crippen LogP) is 3.23. The molecule has 3 rings (SSSR count). The molecule has 1 aromatic heterocycles. The summed E-state index contributed by atoms with van der Waals surface area (Å²) in [7, 11) is 1.77. The number of thiophene rings is 1. The maximum atomic E-state index is 12.6. The van der Waals surface area contributed by atoms with Gasteiger partial charge in [0.25, 0.3) is 5.91 Å². The Morgan fingerprint density at radius 3 is 2.29 bits per heavy atom. The number of benzene rings is 1. The first-order valence-electron chi connectivity index (χ1n) is 7.75. The largest absolute Gasteiger partial charge is 0.334 e. The van der Waals surface area contributed by atoms with Crippen LogP contribution in [0.2, 0.25) is 0 Å². The van der Waals surface area contributed by atoms with Crippen molar-refractivity contribution in [3.05, 3.63) is 52.2 Å². The Morgan fingerprint density at radius 2 is 1.75 bits per heavy atom. The molecule has 2 aromatic rings. The highest BCUT2D eigenvalue weighted by atomic mass is 32.1. The molecule has 0 N–H and O–H groups in total. The molecule has 1 aromatic carbocycles. The van der Waals surface area contributed by atoms with Gasteiger partial charge in [-0.15, -0.1) is 11.3 Å². The van der Waals surface area contributed by atoms with Gasteiger partial charge in [0.05, 0.1) is 11.7 Å². The van der Waals surface area contributed by atoms with E-state index in [1.807, 2.05) is 24.4 Å². The van der Waals surface area contributed by atoms with Crippen molar-refractivity contribution in [2.45, 2.75) is 25.8 Å². The molecule has 0 unspecified atom stereocenters. The number of anilines is 1. The third kappa shape index (κ3) is 2.97. The molecule has 0 spiro atoms. The summed E-state index contributed by atoms with van der Waals surface area (Å²) in [5.74, 6) is -0.480. The van der Waals surface area contributed by atoms with Crippen LogP contribution >= 0.6 is 11.3 Å². The zero-order valence-electron chi connectivity index (χ0n) is 13.6. The van der Waals surface area contributed by atoms with Gasteiger partial charge in [-0.2, -0.15) is 0 Å². The van der Waals surface area contributed by atoms with Crippen molar-refractivity contribution in [3.8, 4) is 0 Å². The zero-order valence-corrected chi connectivity index (χ0v) is 14.4. The van der Waals surface area contributed by atoms with Crippen LogP contribution in [0.15, 0.2) is 41.8 Å². The molecule has 1 aliphatic heterocycles. The fourth-order valence-electron chi connectivity index (χ4n) is 2.72. The van der Waals surface area contributed by atoms with Crippen LogP contribution in [0.1, 0.15) is 41.0 Å². The number of rotatable bonds is 4. The summed E-state index contributed by atoms with van der Waals surface area (Å²) in [6.07, 6.45) is 0.501. The number of hydrogen-bond acceptors (Lipinski definition) is 4. The lowest BCUT2D eigenvalue weighted by Gasteiger charge is -2.24. The van der Waals surface area contributed by atoms with Gasteiger partial charge in [0.1, 0.15) is 0 Å². The Bertz CT molecular complexity index is 752. The van der Waals surface area contributed by atoms with Crippen LogP contribution in [-0.4, -0.2) is 29.7 Å². The van der Waals surface area contributed by atoms with Gasteiger partial charge in [-0.3, -0.25) is 19.3 Å². The first kappa shape index (κ1) is 16.4. The van der Waals surface area contributed by atoms with Gasteiger partial charge in [-0.25, -0.2) is 0 Å². The van der Waals surface area contributed by atoms with E-state index in [0.717, 1.165) is 4.88 Å². The van der Waals surface area contributed by atoms with Gasteiger partial charge in [0.15, 0.2) is 0 Å². The quantitative estimate of drug-likeness (QED) is 0.802. The van der Waals surface area contributed by atoms with Crippen LogP contribution < -0.4 is 4.90 Å². The van der Waals surface area contributed by atoms with Crippen LogP contribution in [0.25, 0.3) is 0 Å². The molecule has 6 heteroatoms. The Kier molecular flexibility index (Phi) is 4.49. The molecule has 0 aliphatic carbocycles. The number of hydrogen-bond donors (Lipinski definition) is 0. The van der Waals surface area contributed by atoms with E-state index in [-0.39, 0.29) is 36.6 Å². The van der Waals surface area contributed by atoms with E-state index in [4.69, 9.17) is 0 Å². The van der Waals surface area contributed by atoms with Crippen LogP contribution in [0.5, 0.6) is 0 Å². The summed E-state index contributed by atoms with van der Waals surface area (Å²) >= 11 is 1.62. The average molecular weight is 342 g/mol. The predicted molar refractivity (Wildman–Crippen MR) is 93.0 cm³/mol. The smallest absolute Gasteiger partial charge is 0.254 e. The van der Waals surface area contributed by atoms with Gasteiger partial charge in [0.2, 0.25) is 11.8 Å². The Labute approximate surface area is 144 Å². The summed E-state index contributed by atoms with van der Waals surface area (Å²) in [6, 6.07) is 10.6. The molecule has 1 saturated heterocycles. The molecule has 1 atom stereocenters. The number of nitrogens with zero attached hydrogens (tertiary/aromatic N) is 2. The first-order chi connectivity index (χ1) is 11.5. The summed E-state index contributed by atoms with van der Waals surface area (Å²) in [5, 5.41) is 1.99. The minimum atomic E-state index is -0.192. The highest BCUT2D eigenvalue weighted by Gasteiger charge is 2.30. The second kappa shape index (κ2) is 6.57. The molecule has 124 valence electrons. The topological polar surface area (TPSA) is 57.7 Å². The Morgan fingerprint density at radius 1 is 1.12 bits per heavy atom. The molecule has 0 bridgehead atoms. The van der Waals surface area contributed by atoms with Crippen molar-refractivity contribution in [2.75, 3.05) is 11.9 Å². The minimum Gasteiger partial charge on any atom is -0.334 e. The van der Waals surface area contributed by atoms with Gasteiger partial charge in [0, 0.05) is 30.3 Å². The summed E-state index contributed by atoms with van der Waals surface area (Å²) in [4.78, 5) is 40.1. The van der Waals surface area contributed by atoms with E-state index in [0.29, 0.717) is 11.3 Å². The zero-order chi connectivity index (χ0) is 17.3. The molecule has 24 heavy (non-hydrogen) atoms. The third-order valence-electron chi connectivity index (χ3n) is 4.28. The number of carbonyl (C=O) groups excluding carboxylic acids is 3. The summed E-state index contributed by atoms with van der Waals surface area (Å²) < 4.78 is 0. The number of carbonyl (C=O) groups is 3. The minimum absolute atomic E-state index is 0.0149. The molecule has 1 aliphatic rings. The second-order valence-electron chi connectivity index (χ2n) is 5.78. The monoisotopic (exact) mass is 342 g/mol. The van der Waals surface area contributed by atoms with Crippen molar-refractivity contribution in [3.63, 3.8) is 0 Å². The fraction of sp³-hybridized carbons (Fsp3) is 0.278. The number of amides is 3. The van der Waals surface area contributed by atoms with Crippen LogP contribution in [0.4, 0.5) is 5.69 Å². The Balaban J connectivity index is 1.76. The average Bonchev–Trinajstić information content (AvgIpc) is 3.23. The van der Waals surface area contributed by atoms with Crippen LogP contribution in [0, 0.1) is 0 Å². The van der Waals surface area contributed by atoms with Crippen LogP contribution in [0.3, 0.4) is 0 Å². The van der Waals surface area contributed by atoms with E-state index in [1.54, 1.807) is 47.5 Å².